The first-order valence-corrected chi connectivity index (χ1v) is 13.8. The third-order valence-electron chi connectivity index (χ3n) is 7.72. The third-order valence-corrected chi connectivity index (χ3v) is 7.72. The molecule has 9 nitrogen and oxygen atoms in total. The molecule has 4 aromatic rings. The largest absolute Gasteiger partial charge is 0.481 e. The van der Waals surface area contributed by atoms with Crippen LogP contribution in [0.2, 0.25) is 0 Å². The molecule has 2 heterocycles. The molecule has 1 aliphatic carbocycles. The average Bonchev–Trinajstić information content (AvgIpc) is 3.62. The molecule has 1 aliphatic rings. The second-order valence-corrected chi connectivity index (χ2v) is 10.6. The summed E-state index contributed by atoms with van der Waals surface area (Å²) in [4.78, 5) is 37.0. The van der Waals surface area contributed by atoms with E-state index in [1.54, 1.807) is 13.1 Å². The lowest BCUT2D eigenvalue weighted by Gasteiger charge is -2.18. The number of carboxylic acids is 1. The Balaban J connectivity index is 1.41. The molecule has 0 saturated carbocycles. The predicted molar refractivity (Wildman–Crippen MR) is 154 cm³/mol. The summed E-state index contributed by atoms with van der Waals surface area (Å²) in [6, 6.07) is 10.9. The van der Waals surface area contributed by atoms with Gasteiger partial charge in [0, 0.05) is 48.0 Å². The van der Waals surface area contributed by atoms with Gasteiger partial charge in [0.15, 0.2) is 0 Å². The van der Waals surface area contributed by atoms with Crippen molar-refractivity contribution in [1.82, 2.24) is 19.7 Å². The van der Waals surface area contributed by atoms with E-state index in [0.717, 1.165) is 46.9 Å². The van der Waals surface area contributed by atoms with E-state index in [-0.39, 0.29) is 18.2 Å². The highest BCUT2D eigenvalue weighted by Crippen LogP contribution is 2.28. The van der Waals surface area contributed by atoms with Crippen LogP contribution in [0.25, 0.3) is 10.9 Å². The van der Waals surface area contributed by atoms with Crippen molar-refractivity contribution >= 4 is 34.4 Å². The van der Waals surface area contributed by atoms with E-state index in [2.05, 4.69) is 16.8 Å². The average molecular weight is 542 g/mol. The fourth-order valence-corrected chi connectivity index (χ4v) is 5.52. The van der Waals surface area contributed by atoms with Crippen LogP contribution >= 0.6 is 0 Å². The van der Waals surface area contributed by atoms with Gasteiger partial charge in [-0.1, -0.05) is 18.2 Å². The van der Waals surface area contributed by atoms with Crippen LogP contribution in [0.5, 0.6) is 0 Å². The van der Waals surface area contributed by atoms with E-state index < -0.39 is 12.0 Å². The normalized spacial score (nSPS) is 13.3. The molecule has 1 atom stereocenters. The van der Waals surface area contributed by atoms with Gasteiger partial charge in [-0.3, -0.25) is 19.1 Å². The Kier molecular flexibility index (Phi) is 7.73. The first kappa shape index (κ1) is 27.2. The predicted octanol–water partition coefficient (Wildman–Crippen LogP) is 4.65. The molecule has 0 radical (unpaired) electrons. The number of carbonyl (C=O) groups is 3. The van der Waals surface area contributed by atoms with Crippen molar-refractivity contribution in [3.05, 3.63) is 82.3 Å². The van der Waals surface area contributed by atoms with Gasteiger partial charge >= 0.3 is 5.97 Å². The standard InChI is InChI=1S/C31H35N5O4/c1-19-16-36(28-15-23(31(40)32-3)12-13-25(19)28)20(2)30(39)33-27-14-21(10-11-22(27)6-5-9-29(37)38)17-35-18-24-7-4-8-26(24)34-35/h10-16,18,20H,4-9,17H2,1-3H3,(H,32,40)(H,33,39)(H,37,38). The second-order valence-electron chi connectivity index (χ2n) is 10.6. The molecule has 5 rings (SSSR count). The number of hydrogen-bond donors (Lipinski definition) is 3. The molecule has 0 fully saturated rings. The minimum atomic E-state index is -0.839. The Bertz CT molecular complexity index is 1580. The van der Waals surface area contributed by atoms with Crippen LogP contribution in [0.3, 0.4) is 0 Å². The number of aromatic nitrogens is 3. The van der Waals surface area contributed by atoms with Crippen LogP contribution in [0.1, 0.15) is 70.5 Å². The first-order chi connectivity index (χ1) is 19.2. The number of rotatable bonds is 10. The molecule has 1 unspecified atom stereocenters. The summed E-state index contributed by atoms with van der Waals surface area (Å²) in [6.07, 6.45) is 8.35. The molecule has 3 N–H and O–H groups in total. The molecule has 9 heteroatoms. The van der Waals surface area contributed by atoms with Gasteiger partial charge in [-0.05, 0) is 86.4 Å². The summed E-state index contributed by atoms with van der Waals surface area (Å²) >= 11 is 0. The Morgan fingerprint density at radius 1 is 1.10 bits per heavy atom. The molecular weight excluding hydrogens is 506 g/mol. The van der Waals surface area contributed by atoms with Crippen LogP contribution < -0.4 is 10.6 Å². The van der Waals surface area contributed by atoms with Crippen LogP contribution in [0, 0.1) is 6.92 Å². The van der Waals surface area contributed by atoms with E-state index in [1.807, 2.05) is 59.6 Å². The van der Waals surface area contributed by atoms with Gasteiger partial charge in [0.2, 0.25) is 5.91 Å². The summed E-state index contributed by atoms with van der Waals surface area (Å²) in [7, 11) is 1.59. The number of carboxylic acid groups (broad SMARTS) is 1. The van der Waals surface area contributed by atoms with E-state index in [9.17, 15) is 14.4 Å². The van der Waals surface area contributed by atoms with E-state index >= 15 is 0 Å². The summed E-state index contributed by atoms with van der Waals surface area (Å²) in [5.74, 6) is -1.22. The lowest BCUT2D eigenvalue weighted by Crippen LogP contribution is -2.24. The molecule has 0 saturated heterocycles. The summed E-state index contributed by atoms with van der Waals surface area (Å²) in [5.41, 5.74) is 7.40. The molecule has 0 bridgehead atoms. The minimum absolute atomic E-state index is 0.0622. The summed E-state index contributed by atoms with van der Waals surface area (Å²) < 4.78 is 3.85. The number of anilines is 1. The molecule has 2 aromatic heterocycles. The lowest BCUT2D eigenvalue weighted by atomic mass is 10.0. The van der Waals surface area contributed by atoms with E-state index in [0.29, 0.717) is 30.6 Å². The Morgan fingerprint density at radius 2 is 1.93 bits per heavy atom. The third kappa shape index (κ3) is 5.64. The molecule has 40 heavy (non-hydrogen) atoms. The van der Waals surface area contributed by atoms with Gasteiger partial charge in [-0.25, -0.2) is 0 Å². The number of nitrogens with zero attached hydrogens (tertiary/aromatic N) is 3. The van der Waals surface area contributed by atoms with Gasteiger partial charge in [0.1, 0.15) is 6.04 Å². The molecular formula is C31H35N5O4. The summed E-state index contributed by atoms with van der Waals surface area (Å²) in [6.45, 7) is 4.41. The molecule has 2 amide bonds. The lowest BCUT2D eigenvalue weighted by molar-refractivity contribution is -0.137. The number of carbonyl (C=O) groups excluding carboxylic acids is 2. The number of benzene rings is 2. The van der Waals surface area contributed by atoms with Crippen molar-refractivity contribution in [2.45, 2.75) is 65.0 Å². The SMILES string of the molecule is CNC(=O)c1ccc2c(C)cn(C(C)C(=O)Nc3cc(Cn4cc5c(n4)CCC5)ccc3CCCC(=O)O)c2c1. The van der Waals surface area contributed by atoms with Crippen LogP contribution in [-0.2, 0) is 35.4 Å². The van der Waals surface area contributed by atoms with Crippen molar-refractivity contribution in [2.75, 3.05) is 12.4 Å². The smallest absolute Gasteiger partial charge is 0.303 e. The minimum Gasteiger partial charge on any atom is -0.481 e. The Hall–Kier alpha value is -4.40. The van der Waals surface area contributed by atoms with Crippen LogP contribution in [0.15, 0.2) is 48.8 Å². The Morgan fingerprint density at radius 3 is 2.67 bits per heavy atom. The fraction of sp³-hybridized carbons (Fsp3) is 0.355. The van der Waals surface area contributed by atoms with Gasteiger partial charge in [-0.15, -0.1) is 0 Å². The van der Waals surface area contributed by atoms with Crippen molar-refractivity contribution < 1.29 is 19.5 Å². The number of hydrogen-bond acceptors (Lipinski definition) is 4. The summed E-state index contributed by atoms with van der Waals surface area (Å²) in [5, 5.41) is 20.6. The van der Waals surface area contributed by atoms with Gasteiger partial charge in [-0.2, -0.15) is 5.10 Å². The maximum Gasteiger partial charge on any atom is 0.303 e. The molecule has 0 aliphatic heterocycles. The molecule has 208 valence electrons. The van der Waals surface area contributed by atoms with Gasteiger partial charge in [0.05, 0.1) is 12.2 Å². The maximum atomic E-state index is 13.6. The number of aliphatic carboxylic acids is 1. The monoisotopic (exact) mass is 541 g/mol. The zero-order valence-corrected chi connectivity index (χ0v) is 23.2. The van der Waals surface area contributed by atoms with Crippen LogP contribution in [0.4, 0.5) is 5.69 Å². The second kappa shape index (κ2) is 11.4. The highest BCUT2D eigenvalue weighted by molar-refractivity contribution is 6.00. The number of aryl methyl sites for hydroxylation is 4. The molecule has 0 spiro atoms. The van der Waals surface area contributed by atoms with E-state index in [1.165, 1.54) is 11.3 Å². The van der Waals surface area contributed by atoms with Gasteiger partial charge < -0.3 is 20.3 Å². The number of amides is 2. The van der Waals surface area contributed by atoms with Crippen molar-refractivity contribution in [3.63, 3.8) is 0 Å². The highest BCUT2D eigenvalue weighted by Gasteiger charge is 2.21. The van der Waals surface area contributed by atoms with E-state index in [4.69, 9.17) is 10.2 Å². The van der Waals surface area contributed by atoms with Crippen molar-refractivity contribution in [2.24, 2.45) is 0 Å². The topological polar surface area (TPSA) is 118 Å². The number of fused-ring (bicyclic) bond motifs is 2. The molecule has 2 aromatic carbocycles. The van der Waals surface area contributed by atoms with Crippen LogP contribution in [-0.4, -0.2) is 44.3 Å². The maximum absolute atomic E-state index is 13.6. The number of nitrogens with one attached hydrogen (secondary N) is 2. The highest BCUT2D eigenvalue weighted by atomic mass is 16.4. The zero-order chi connectivity index (χ0) is 28.4. The zero-order valence-electron chi connectivity index (χ0n) is 23.2. The van der Waals surface area contributed by atoms with Crippen molar-refractivity contribution in [3.8, 4) is 0 Å². The first-order valence-electron chi connectivity index (χ1n) is 13.8. The quantitative estimate of drug-likeness (QED) is 0.270. The van der Waals surface area contributed by atoms with Crippen molar-refractivity contribution in [1.29, 1.82) is 0 Å². The Labute approximate surface area is 233 Å². The van der Waals surface area contributed by atoms with Gasteiger partial charge in [0.25, 0.3) is 5.91 Å². The fourth-order valence-electron chi connectivity index (χ4n) is 5.52.